The minimum atomic E-state index is 0.835. The van der Waals surface area contributed by atoms with E-state index in [0.717, 1.165) is 45.8 Å². The fraction of sp³-hybridized carbons (Fsp3) is 0.0455. The van der Waals surface area contributed by atoms with Gasteiger partial charge >= 0.3 is 0 Å². The lowest BCUT2D eigenvalue weighted by Crippen LogP contribution is -2.20. The van der Waals surface area contributed by atoms with Crippen molar-refractivity contribution in [3.8, 4) is 22.3 Å². The molecule has 8 nitrogen and oxygen atoms in total. The highest BCUT2D eigenvalue weighted by Crippen LogP contribution is 2.56. The van der Waals surface area contributed by atoms with Gasteiger partial charge < -0.3 is 9.80 Å². The molecule has 0 aliphatic carbocycles. The van der Waals surface area contributed by atoms with E-state index < -0.39 is 0 Å². The third-order valence-corrected chi connectivity index (χ3v) is 10.2. The number of rotatable bonds is 6. The third-order valence-electron chi connectivity index (χ3n) is 10.2. The van der Waals surface area contributed by atoms with Crippen LogP contribution in [0, 0.1) is 0 Å². The van der Waals surface area contributed by atoms with Gasteiger partial charge in [0.15, 0.2) is 0 Å². The number of benzene rings is 4. The molecule has 6 heterocycles. The molecule has 248 valence electrons. The molecule has 0 atom stereocenters. The Balaban J connectivity index is 1.11. The lowest BCUT2D eigenvalue weighted by atomic mass is 9.84. The van der Waals surface area contributed by atoms with Crippen molar-refractivity contribution in [3.63, 3.8) is 0 Å². The van der Waals surface area contributed by atoms with E-state index in [9.17, 15) is 0 Å². The van der Waals surface area contributed by atoms with Crippen molar-refractivity contribution in [2.24, 2.45) is 0 Å². The molecular formula is C44H32N8. The van der Waals surface area contributed by atoms with Crippen LogP contribution < -0.4 is 19.6 Å². The summed E-state index contributed by atoms with van der Waals surface area (Å²) in [6.07, 6.45) is 11.0. The SMILES string of the molecule is CN1c2cc(N(c3cccnc3)c3ccccn3)ccc2-c2ccc3c4c(ccc1c24)N(C)c1cc(N(c2cccnc2)c2ccccn2)ccc1-3. The summed E-state index contributed by atoms with van der Waals surface area (Å²) in [7, 11) is 4.34. The molecule has 0 fully saturated rings. The Morgan fingerprint density at radius 2 is 0.865 bits per heavy atom. The summed E-state index contributed by atoms with van der Waals surface area (Å²) in [5, 5.41) is 2.53. The second kappa shape index (κ2) is 11.8. The second-order valence-electron chi connectivity index (χ2n) is 13.0. The van der Waals surface area contributed by atoms with Crippen LogP contribution in [0.15, 0.2) is 159 Å². The molecule has 4 aromatic carbocycles. The molecule has 10 rings (SSSR count). The second-order valence-corrected chi connectivity index (χ2v) is 13.0. The Bertz CT molecular complexity index is 2350. The molecule has 2 aliphatic heterocycles. The van der Waals surface area contributed by atoms with Crippen molar-refractivity contribution >= 4 is 67.9 Å². The molecule has 8 aromatic rings. The first-order chi connectivity index (χ1) is 25.7. The molecule has 0 N–H and O–H groups in total. The molecule has 52 heavy (non-hydrogen) atoms. The van der Waals surface area contributed by atoms with Crippen molar-refractivity contribution in [2.75, 3.05) is 33.7 Å². The van der Waals surface area contributed by atoms with E-state index in [-0.39, 0.29) is 0 Å². The quantitative estimate of drug-likeness (QED) is 0.173. The van der Waals surface area contributed by atoms with Gasteiger partial charge in [-0.15, -0.1) is 0 Å². The van der Waals surface area contributed by atoms with Crippen molar-refractivity contribution in [1.82, 2.24) is 19.9 Å². The highest BCUT2D eigenvalue weighted by Gasteiger charge is 2.31. The summed E-state index contributed by atoms with van der Waals surface area (Å²) in [4.78, 5) is 27.2. The largest absolute Gasteiger partial charge is 0.344 e. The molecule has 2 aliphatic rings. The predicted octanol–water partition coefficient (Wildman–Crippen LogP) is 10.9. The van der Waals surface area contributed by atoms with Crippen LogP contribution in [-0.4, -0.2) is 34.0 Å². The summed E-state index contributed by atoms with van der Waals surface area (Å²) in [5.74, 6) is 1.67. The summed E-state index contributed by atoms with van der Waals surface area (Å²) in [6.45, 7) is 0. The number of pyridine rings is 4. The van der Waals surface area contributed by atoms with Crippen LogP contribution >= 0.6 is 0 Å². The Morgan fingerprint density at radius 3 is 1.27 bits per heavy atom. The van der Waals surface area contributed by atoms with E-state index in [0.29, 0.717) is 0 Å². The molecule has 4 aromatic heterocycles. The van der Waals surface area contributed by atoms with Crippen LogP contribution in [0.4, 0.5) is 57.1 Å². The van der Waals surface area contributed by atoms with E-state index in [1.165, 1.54) is 44.4 Å². The van der Waals surface area contributed by atoms with Crippen molar-refractivity contribution in [1.29, 1.82) is 0 Å². The number of fused-ring (bicyclic) bond motifs is 4. The van der Waals surface area contributed by atoms with Crippen molar-refractivity contribution in [2.45, 2.75) is 0 Å². The van der Waals surface area contributed by atoms with Gasteiger partial charge in [-0.3, -0.25) is 19.8 Å². The minimum absolute atomic E-state index is 0.835. The third kappa shape index (κ3) is 4.54. The van der Waals surface area contributed by atoms with E-state index in [1.54, 1.807) is 12.4 Å². The zero-order chi connectivity index (χ0) is 34.8. The lowest BCUT2D eigenvalue weighted by molar-refractivity contribution is 1.15. The number of nitrogens with zero attached hydrogens (tertiary/aromatic N) is 8. The number of aromatic nitrogens is 4. The highest BCUT2D eigenvalue weighted by atomic mass is 15.2. The molecule has 0 bridgehead atoms. The Hall–Kier alpha value is -7.06. The average molecular weight is 673 g/mol. The van der Waals surface area contributed by atoms with Gasteiger partial charge in [-0.05, 0) is 96.1 Å². The van der Waals surface area contributed by atoms with Gasteiger partial charge in [0.05, 0.1) is 35.1 Å². The fourth-order valence-electron chi connectivity index (χ4n) is 7.83. The minimum Gasteiger partial charge on any atom is -0.344 e. The maximum Gasteiger partial charge on any atom is 0.137 e. The molecule has 0 amide bonds. The Morgan fingerprint density at radius 1 is 0.404 bits per heavy atom. The number of anilines is 10. The maximum atomic E-state index is 4.71. The van der Waals surface area contributed by atoms with Crippen LogP contribution in [-0.2, 0) is 0 Å². The molecule has 0 unspecified atom stereocenters. The van der Waals surface area contributed by atoms with Crippen molar-refractivity contribution in [3.05, 3.63) is 159 Å². The number of hydrogen-bond donors (Lipinski definition) is 0. The van der Waals surface area contributed by atoms with Gasteiger partial charge in [-0.25, -0.2) is 9.97 Å². The summed E-state index contributed by atoms with van der Waals surface area (Å²) in [5.41, 5.74) is 13.4. The lowest BCUT2D eigenvalue weighted by Gasteiger charge is -2.37. The summed E-state index contributed by atoms with van der Waals surface area (Å²) < 4.78 is 0. The zero-order valence-electron chi connectivity index (χ0n) is 28.6. The van der Waals surface area contributed by atoms with E-state index in [4.69, 9.17) is 9.97 Å². The van der Waals surface area contributed by atoms with Crippen LogP contribution in [0.1, 0.15) is 0 Å². The summed E-state index contributed by atoms with van der Waals surface area (Å²) >= 11 is 0. The molecule has 0 saturated carbocycles. The van der Waals surface area contributed by atoms with E-state index in [1.807, 2.05) is 73.3 Å². The Kier molecular flexibility index (Phi) is 6.75. The Labute approximate surface area is 301 Å². The van der Waals surface area contributed by atoms with Gasteiger partial charge in [-0.1, -0.05) is 36.4 Å². The maximum absolute atomic E-state index is 4.71. The van der Waals surface area contributed by atoms with Crippen LogP contribution in [0.2, 0.25) is 0 Å². The van der Waals surface area contributed by atoms with Gasteiger partial charge in [0.25, 0.3) is 0 Å². The standard InChI is InChI=1S/C44H32N8/c1-49-37-19-20-38-44-36(34-16-14-30(26-40(34)50(38)2)52(32-10-8-22-46-28-32)42-12-4-6-24-48-42)18-17-35(43(37)44)33-15-13-29(25-39(33)49)51(31-9-7-21-45-27-31)41-11-3-5-23-47-41/h3-28H,1-2H3. The van der Waals surface area contributed by atoms with Crippen molar-refractivity contribution < 1.29 is 0 Å². The van der Waals surface area contributed by atoms with Crippen LogP contribution in [0.3, 0.4) is 0 Å². The first-order valence-corrected chi connectivity index (χ1v) is 17.2. The smallest absolute Gasteiger partial charge is 0.137 e. The van der Waals surface area contributed by atoms with Gasteiger partial charge in [0, 0.05) is 83.5 Å². The average Bonchev–Trinajstić information content (AvgIpc) is 3.21. The van der Waals surface area contributed by atoms with Gasteiger partial charge in [0.2, 0.25) is 0 Å². The molecular weight excluding hydrogens is 641 g/mol. The molecule has 0 saturated heterocycles. The summed E-state index contributed by atoms with van der Waals surface area (Å²) in [6, 6.07) is 42.5. The number of hydrogen-bond acceptors (Lipinski definition) is 8. The van der Waals surface area contributed by atoms with Crippen LogP contribution in [0.5, 0.6) is 0 Å². The predicted molar refractivity (Wildman–Crippen MR) is 211 cm³/mol. The normalized spacial score (nSPS) is 12.3. The van der Waals surface area contributed by atoms with Gasteiger partial charge in [-0.2, -0.15) is 0 Å². The van der Waals surface area contributed by atoms with E-state index >= 15 is 0 Å². The van der Waals surface area contributed by atoms with E-state index in [2.05, 4.69) is 116 Å². The first-order valence-electron chi connectivity index (χ1n) is 17.2. The fourth-order valence-corrected chi connectivity index (χ4v) is 7.83. The van der Waals surface area contributed by atoms with Crippen LogP contribution in [0.25, 0.3) is 33.0 Å². The zero-order valence-corrected chi connectivity index (χ0v) is 28.6. The van der Waals surface area contributed by atoms with Gasteiger partial charge in [0.1, 0.15) is 11.6 Å². The highest BCUT2D eigenvalue weighted by molar-refractivity contribution is 6.23. The first kappa shape index (κ1) is 29.8. The topological polar surface area (TPSA) is 64.5 Å². The monoisotopic (exact) mass is 672 g/mol. The molecule has 8 heteroatoms. The molecule has 0 spiro atoms. The molecule has 0 radical (unpaired) electrons.